The molecule has 26 heavy (non-hydrogen) atoms. The summed E-state index contributed by atoms with van der Waals surface area (Å²) in [5.74, 6) is 0.134. The molecule has 0 radical (unpaired) electrons. The first-order valence-corrected chi connectivity index (χ1v) is 11.0. The first kappa shape index (κ1) is 21.2. The molecule has 0 spiro atoms. The number of halogens is 1. The average molecular weight is 402 g/mol. The van der Waals surface area contributed by atoms with Crippen molar-refractivity contribution in [1.29, 1.82) is 0 Å². The van der Waals surface area contributed by atoms with Crippen LogP contribution in [0.15, 0.2) is 24.3 Å². The molecule has 146 valence electrons. The molecule has 0 unspecified atom stereocenters. The van der Waals surface area contributed by atoms with E-state index >= 15 is 0 Å². The van der Waals surface area contributed by atoms with Gasteiger partial charge in [0.25, 0.3) is 5.91 Å². The van der Waals surface area contributed by atoms with Gasteiger partial charge in [0, 0.05) is 39.3 Å². The van der Waals surface area contributed by atoms with E-state index < -0.39 is 10.0 Å². The summed E-state index contributed by atoms with van der Waals surface area (Å²) in [6.07, 6.45) is 0.809. The van der Waals surface area contributed by atoms with Crippen LogP contribution in [0.25, 0.3) is 0 Å². The number of carbonyl (C=O) groups is 1. The minimum atomic E-state index is -3.38. The summed E-state index contributed by atoms with van der Waals surface area (Å²) < 4.78 is 26.7. The van der Waals surface area contributed by atoms with Crippen molar-refractivity contribution < 1.29 is 13.2 Å². The monoisotopic (exact) mass is 401 g/mol. The topological polar surface area (TPSA) is 69.7 Å². The Bertz CT molecular complexity index is 703. The van der Waals surface area contributed by atoms with Crippen molar-refractivity contribution in [2.45, 2.75) is 20.3 Å². The standard InChI is InChI=1S/C18H28ClN3O3S/c1-15(2)7-10-21(18(23)16-5-3-4-6-17(16)19)13-14-26(24,25)22-11-8-20-9-12-22/h3-6,15,20H,7-14H2,1-2H3. The molecule has 2 rings (SSSR count). The molecule has 1 N–H and O–H groups in total. The van der Waals surface area contributed by atoms with E-state index in [0.29, 0.717) is 49.2 Å². The smallest absolute Gasteiger partial charge is 0.255 e. The molecule has 0 atom stereocenters. The van der Waals surface area contributed by atoms with Crippen LogP contribution in [-0.2, 0) is 10.0 Å². The van der Waals surface area contributed by atoms with Crippen LogP contribution in [0.4, 0.5) is 0 Å². The normalized spacial score (nSPS) is 16.0. The number of hydrogen-bond donors (Lipinski definition) is 1. The Kier molecular flexibility index (Phi) is 7.88. The minimum Gasteiger partial charge on any atom is -0.338 e. The Labute approximate surface area is 161 Å². The highest BCUT2D eigenvalue weighted by molar-refractivity contribution is 7.89. The SMILES string of the molecule is CC(C)CCN(CCS(=O)(=O)N1CCNCC1)C(=O)c1ccccc1Cl. The molecule has 0 bridgehead atoms. The van der Waals surface area contributed by atoms with E-state index in [1.54, 1.807) is 29.2 Å². The number of piperazine rings is 1. The molecular formula is C18H28ClN3O3S. The third-order valence-electron chi connectivity index (χ3n) is 4.46. The summed E-state index contributed by atoms with van der Waals surface area (Å²) in [7, 11) is -3.38. The second-order valence-electron chi connectivity index (χ2n) is 6.92. The van der Waals surface area contributed by atoms with Crippen LogP contribution in [0, 0.1) is 5.92 Å². The molecule has 0 aromatic heterocycles. The van der Waals surface area contributed by atoms with Crippen LogP contribution in [0.2, 0.25) is 5.02 Å². The Hall–Kier alpha value is -1.15. The molecular weight excluding hydrogens is 374 g/mol. The second kappa shape index (κ2) is 9.69. The molecule has 1 aromatic rings. The maximum absolute atomic E-state index is 12.9. The van der Waals surface area contributed by atoms with Crippen molar-refractivity contribution in [2.75, 3.05) is 45.0 Å². The van der Waals surface area contributed by atoms with Gasteiger partial charge in [0.1, 0.15) is 0 Å². The van der Waals surface area contributed by atoms with Crippen molar-refractivity contribution in [1.82, 2.24) is 14.5 Å². The molecule has 1 aliphatic heterocycles. The molecule has 1 saturated heterocycles. The van der Waals surface area contributed by atoms with E-state index in [1.807, 2.05) is 0 Å². The van der Waals surface area contributed by atoms with Crippen LogP contribution in [0.1, 0.15) is 30.6 Å². The largest absolute Gasteiger partial charge is 0.338 e. The van der Waals surface area contributed by atoms with Crippen molar-refractivity contribution in [3.05, 3.63) is 34.9 Å². The van der Waals surface area contributed by atoms with Gasteiger partial charge in [-0.25, -0.2) is 8.42 Å². The van der Waals surface area contributed by atoms with Gasteiger partial charge in [-0.3, -0.25) is 4.79 Å². The van der Waals surface area contributed by atoms with E-state index in [4.69, 9.17) is 11.6 Å². The highest BCUT2D eigenvalue weighted by Gasteiger charge is 2.26. The quantitative estimate of drug-likeness (QED) is 0.723. The van der Waals surface area contributed by atoms with Crippen LogP contribution in [0.3, 0.4) is 0 Å². The van der Waals surface area contributed by atoms with Gasteiger partial charge >= 0.3 is 0 Å². The number of benzene rings is 1. The number of sulfonamides is 1. The lowest BCUT2D eigenvalue weighted by Crippen LogP contribution is -2.48. The number of nitrogens with one attached hydrogen (secondary N) is 1. The molecule has 0 aliphatic carbocycles. The number of nitrogens with zero attached hydrogens (tertiary/aromatic N) is 2. The molecule has 1 heterocycles. The van der Waals surface area contributed by atoms with Crippen molar-refractivity contribution in [2.24, 2.45) is 5.92 Å². The predicted molar refractivity (Wildman–Crippen MR) is 105 cm³/mol. The lowest BCUT2D eigenvalue weighted by Gasteiger charge is -2.29. The van der Waals surface area contributed by atoms with Crippen molar-refractivity contribution >= 4 is 27.5 Å². The third kappa shape index (κ3) is 5.94. The summed E-state index contributed by atoms with van der Waals surface area (Å²) in [4.78, 5) is 14.5. The Morgan fingerprint density at radius 3 is 2.50 bits per heavy atom. The fourth-order valence-corrected chi connectivity index (χ4v) is 4.48. The number of rotatable bonds is 8. The van der Waals surface area contributed by atoms with Gasteiger partial charge in [-0.1, -0.05) is 37.6 Å². The Morgan fingerprint density at radius 2 is 1.88 bits per heavy atom. The molecule has 1 aliphatic rings. The average Bonchev–Trinajstić information content (AvgIpc) is 2.62. The van der Waals surface area contributed by atoms with E-state index in [9.17, 15) is 13.2 Å². The van der Waals surface area contributed by atoms with Gasteiger partial charge in [0.05, 0.1) is 16.3 Å². The lowest BCUT2D eigenvalue weighted by atomic mass is 10.1. The zero-order valence-electron chi connectivity index (χ0n) is 15.4. The maximum atomic E-state index is 12.9. The number of amides is 1. The van der Waals surface area contributed by atoms with E-state index in [0.717, 1.165) is 6.42 Å². The van der Waals surface area contributed by atoms with E-state index in [-0.39, 0.29) is 18.2 Å². The molecule has 8 heteroatoms. The van der Waals surface area contributed by atoms with Crippen LogP contribution < -0.4 is 5.32 Å². The fourth-order valence-electron chi connectivity index (χ4n) is 2.81. The van der Waals surface area contributed by atoms with Crippen LogP contribution >= 0.6 is 11.6 Å². The fraction of sp³-hybridized carbons (Fsp3) is 0.611. The van der Waals surface area contributed by atoms with Gasteiger partial charge in [0.2, 0.25) is 10.0 Å². The van der Waals surface area contributed by atoms with Gasteiger partial charge in [-0.05, 0) is 24.5 Å². The van der Waals surface area contributed by atoms with Gasteiger partial charge in [-0.15, -0.1) is 0 Å². The summed E-state index contributed by atoms with van der Waals surface area (Å²) >= 11 is 6.16. The van der Waals surface area contributed by atoms with Crippen molar-refractivity contribution in [3.8, 4) is 0 Å². The summed E-state index contributed by atoms with van der Waals surface area (Å²) in [6, 6.07) is 6.88. The van der Waals surface area contributed by atoms with E-state index in [1.165, 1.54) is 4.31 Å². The molecule has 1 amide bonds. The number of carbonyl (C=O) groups excluding carboxylic acids is 1. The highest BCUT2D eigenvalue weighted by Crippen LogP contribution is 2.18. The Balaban J connectivity index is 2.09. The van der Waals surface area contributed by atoms with Crippen LogP contribution in [-0.4, -0.2) is 68.6 Å². The summed E-state index contributed by atoms with van der Waals surface area (Å²) in [6.45, 7) is 7.12. The van der Waals surface area contributed by atoms with Gasteiger partial charge in [0.15, 0.2) is 0 Å². The highest BCUT2D eigenvalue weighted by atomic mass is 35.5. The van der Waals surface area contributed by atoms with E-state index in [2.05, 4.69) is 19.2 Å². The maximum Gasteiger partial charge on any atom is 0.255 e. The first-order valence-electron chi connectivity index (χ1n) is 9.03. The molecule has 6 nitrogen and oxygen atoms in total. The zero-order valence-corrected chi connectivity index (χ0v) is 17.0. The molecule has 1 fully saturated rings. The van der Waals surface area contributed by atoms with Crippen LogP contribution in [0.5, 0.6) is 0 Å². The molecule has 1 aromatic carbocycles. The third-order valence-corrected chi connectivity index (χ3v) is 6.64. The Morgan fingerprint density at radius 1 is 1.23 bits per heavy atom. The zero-order chi connectivity index (χ0) is 19.2. The minimum absolute atomic E-state index is 0.0682. The second-order valence-corrected chi connectivity index (χ2v) is 9.42. The van der Waals surface area contributed by atoms with Gasteiger partial charge < -0.3 is 10.2 Å². The summed E-state index contributed by atoms with van der Waals surface area (Å²) in [5.41, 5.74) is 0.414. The predicted octanol–water partition coefficient (Wildman–Crippen LogP) is 2.06. The lowest BCUT2D eigenvalue weighted by molar-refractivity contribution is 0.0758. The molecule has 0 saturated carbocycles. The number of hydrogen-bond acceptors (Lipinski definition) is 4. The first-order chi connectivity index (χ1) is 12.3. The summed E-state index contributed by atoms with van der Waals surface area (Å²) in [5, 5.41) is 3.53. The van der Waals surface area contributed by atoms with Gasteiger partial charge in [-0.2, -0.15) is 4.31 Å². The van der Waals surface area contributed by atoms with Crippen molar-refractivity contribution in [3.63, 3.8) is 0 Å².